The normalized spacial score (nSPS) is 18.9. The quantitative estimate of drug-likeness (QED) is 0.736. The fourth-order valence-electron chi connectivity index (χ4n) is 3.80. The van der Waals surface area contributed by atoms with E-state index in [0.717, 1.165) is 17.5 Å². The lowest BCUT2D eigenvalue weighted by Crippen LogP contribution is -2.46. The van der Waals surface area contributed by atoms with Gasteiger partial charge in [-0.15, -0.1) is 0 Å². The lowest BCUT2D eigenvalue weighted by atomic mass is 9.95. The molecule has 0 aliphatic carbocycles. The predicted molar refractivity (Wildman–Crippen MR) is 115 cm³/mol. The second kappa shape index (κ2) is 9.28. The van der Waals surface area contributed by atoms with Crippen LogP contribution in [0.3, 0.4) is 0 Å². The smallest absolute Gasteiger partial charge is 0.243 e. The van der Waals surface area contributed by atoms with Crippen LogP contribution >= 0.6 is 11.6 Å². The Hall–Kier alpha value is -1.89. The van der Waals surface area contributed by atoms with Gasteiger partial charge in [0.15, 0.2) is 0 Å². The zero-order chi connectivity index (χ0) is 21.0. The first-order valence-electron chi connectivity index (χ1n) is 9.94. The van der Waals surface area contributed by atoms with E-state index in [2.05, 4.69) is 5.32 Å². The van der Waals surface area contributed by atoms with Crippen LogP contribution in [0.4, 0.5) is 0 Å². The van der Waals surface area contributed by atoms with Gasteiger partial charge in [0.1, 0.15) is 0 Å². The van der Waals surface area contributed by atoms with E-state index >= 15 is 0 Å². The summed E-state index contributed by atoms with van der Waals surface area (Å²) in [6.07, 6.45) is 2.12. The molecule has 7 heteroatoms. The Bertz CT molecular complexity index is 960. The summed E-state index contributed by atoms with van der Waals surface area (Å²) in [5.74, 6) is -0.444. The first-order valence-corrected chi connectivity index (χ1v) is 11.8. The van der Waals surface area contributed by atoms with Gasteiger partial charge in [-0.05, 0) is 61.6 Å². The molecule has 0 aromatic heterocycles. The number of rotatable bonds is 6. The third kappa shape index (κ3) is 5.00. The molecule has 0 bridgehead atoms. The van der Waals surface area contributed by atoms with Gasteiger partial charge in [-0.25, -0.2) is 8.42 Å². The van der Waals surface area contributed by atoms with Gasteiger partial charge in [0.05, 0.1) is 16.9 Å². The maximum absolute atomic E-state index is 13.0. The van der Waals surface area contributed by atoms with E-state index in [1.54, 1.807) is 12.1 Å². The number of hydrogen-bond acceptors (Lipinski definition) is 3. The van der Waals surface area contributed by atoms with Crippen molar-refractivity contribution in [3.05, 3.63) is 64.7 Å². The molecule has 0 unspecified atom stereocenters. The Morgan fingerprint density at radius 1 is 1.21 bits per heavy atom. The monoisotopic (exact) mass is 434 g/mol. The third-order valence-corrected chi connectivity index (χ3v) is 7.63. The summed E-state index contributed by atoms with van der Waals surface area (Å²) in [5.41, 5.74) is 2.24. The summed E-state index contributed by atoms with van der Waals surface area (Å²) in [6.45, 7) is 4.69. The van der Waals surface area contributed by atoms with Gasteiger partial charge in [-0.3, -0.25) is 4.79 Å². The van der Waals surface area contributed by atoms with Crippen LogP contribution in [0.2, 0.25) is 5.02 Å². The van der Waals surface area contributed by atoms with E-state index in [4.69, 9.17) is 11.6 Å². The summed E-state index contributed by atoms with van der Waals surface area (Å²) >= 11 is 5.87. The van der Waals surface area contributed by atoms with Crippen LogP contribution < -0.4 is 5.32 Å². The second-order valence-electron chi connectivity index (χ2n) is 7.48. The van der Waals surface area contributed by atoms with Gasteiger partial charge < -0.3 is 5.32 Å². The molecule has 1 fully saturated rings. The van der Waals surface area contributed by atoms with E-state index in [1.165, 1.54) is 16.4 Å². The number of nitrogens with zero attached hydrogens (tertiary/aromatic N) is 1. The van der Waals surface area contributed by atoms with Gasteiger partial charge >= 0.3 is 0 Å². The Morgan fingerprint density at radius 3 is 2.55 bits per heavy atom. The van der Waals surface area contributed by atoms with Crippen molar-refractivity contribution in [2.45, 2.75) is 44.0 Å². The van der Waals surface area contributed by atoms with E-state index in [1.807, 2.05) is 38.1 Å². The molecule has 29 heavy (non-hydrogen) atoms. The number of amides is 1. The lowest BCUT2D eigenvalue weighted by molar-refractivity contribution is -0.126. The Balaban J connectivity index is 1.72. The molecule has 2 aromatic rings. The minimum Gasteiger partial charge on any atom is -0.349 e. The molecular weight excluding hydrogens is 408 g/mol. The zero-order valence-corrected chi connectivity index (χ0v) is 18.3. The standard InChI is InChI=1S/C22H27ClN2O3S/c1-3-21(20-9-5-4-7-16(20)2)24-22(26)17-8-6-14-25(15-17)29(27,28)19-12-10-18(23)11-13-19/h4-5,7,9-13,17,21H,3,6,8,14-15H2,1-2H3,(H,24,26)/t17-,21+/m0/s1. The zero-order valence-electron chi connectivity index (χ0n) is 16.8. The first kappa shape index (κ1) is 21.8. The van der Waals surface area contributed by atoms with Gasteiger partial charge in [-0.2, -0.15) is 4.31 Å². The lowest BCUT2D eigenvalue weighted by Gasteiger charge is -2.32. The molecule has 1 N–H and O–H groups in total. The number of benzene rings is 2. The maximum Gasteiger partial charge on any atom is 0.243 e. The number of carbonyl (C=O) groups excluding carboxylic acids is 1. The number of hydrogen-bond donors (Lipinski definition) is 1. The van der Waals surface area contributed by atoms with Crippen molar-refractivity contribution in [3.63, 3.8) is 0 Å². The Kier molecular flexibility index (Phi) is 6.98. The molecule has 1 heterocycles. The minimum atomic E-state index is -3.64. The van der Waals surface area contributed by atoms with Crippen LogP contribution in [0.5, 0.6) is 0 Å². The Labute approximate surface area is 178 Å². The number of piperidine rings is 1. The van der Waals surface area contributed by atoms with Crippen molar-refractivity contribution in [3.8, 4) is 0 Å². The molecule has 2 atom stereocenters. The molecule has 1 saturated heterocycles. The highest BCUT2D eigenvalue weighted by Gasteiger charge is 2.34. The molecule has 2 aromatic carbocycles. The molecular formula is C22H27ClN2O3S. The predicted octanol–water partition coefficient (Wildman–Crippen LogP) is 4.32. The molecule has 0 saturated carbocycles. The Morgan fingerprint density at radius 2 is 1.90 bits per heavy atom. The summed E-state index contributed by atoms with van der Waals surface area (Å²) in [6, 6.07) is 14.1. The van der Waals surface area contributed by atoms with E-state index in [-0.39, 0.29) is 29.3 Å². The van der Waals surface area contributed by atoms with Gasteiger partial charge in [-0.1, -0.05) is 42.8 Å². The summed E-state index contributed by atoms with van der Waals surface area (Å²) in [5, 5.41) is 3.62. The van der Waals surface area contributed by atoms with E-state index < -0.39 is 10.0 Å². The molecule has 156 valence electrons. The summed E-state index contributed by atoms with van der Waals surface area (Å²) in [7, 11) is -3.64. The number of halogens is 1. The van der Waals surface area contributed by atoms with Crippen molar-refractivity contribution in [1.82, 2.24) is 9.62 Å². The maximum atomic E-state index is 13.0. The summed E-state index contributed by atoms with van der Waals surface area (Å²) in [4.78, 5) is 13.2. The highest BCUT2D eigenvalue weighted by molar-refractivity contribution is 7.89. The first-order chi connectivity index (χ1) is 13.8. The van der Waals surface area contributed by atoms with Crippen molar-refractivity contribution in [2.24, 2.45) is 5.92 Å². The molecule has 5 nitrogen and oxygen atoms in total. The highest BCUT2D eigenvalue weighted by atomic mass is 35.5. The number of sulfonamides is 1. The van der Waals surface area contributed by atoms with Crippen LogP contribution in [0.1, 0.15) is 43.4 Å². The number of carbonyl (C=O) groups is 1. The van der Waals surface area contributed by atoms with Crippen LogP contribution in [-0.4, -0.2) is 31.7 Å². The van der Waals surface area contributed by atoms with Crippen LogP contribution in [0.15, 0.2) is 53.4 Å². The molecule has 1 aliphatic heterocycles. The van der Waals surface area contributed by atoms with E-state index in [9.17, 15) is 13.2 Å². The minimum absolute atomic E-state index is 0.0769. The second-order valence-corrected chi connectivity index (χ2v) is 9.86. The molecule has 0 spiro atoms. The van der Waals surface area contributed by atoms with E-state index in [0.29, 0.717) is 24.4 Å². The molecule has 3 rings (SSSR count). The SMILES string of the molecule is CC[C@@H](NC(=O)[C@H]1CCCN(S(=O)(=O)c2ccc(Cl)cc2)C1)c1ccccc1C. The van der Waals surface area contributed by atoms with Crippen molar-refractivity contribution in [2.75, 3.05) is 13.1 Å². The fraction of sp³-hybridized carbons (Fsp3) is 0.409. The average molecular weight is 435 g/mol. The van der Waals surface area contributed by atoms with Crippen LogP contribution in [0.25, 0.3) is 0 Å². The third-order valence-electron chi connectivity index (χ3n) is 5.49. The van der Waals surface area contributed by atoms with Gasteiger partial charge in [0.2, 0.25) is 15.9 Å². The fourth-order valence-corrected chi connectivity index (χ4v) is 5.45. The molecule has 1 aliphatic rings. The van der Waals surface area contributed by atoms with Gasteiger partial charge in [0, 0.05) is 18.1 Å². The van der Waals surface area contributed by atoms with Crippen molar-refractivity contribution in [1.29, 1.82) is 0 Å². The van der Waals surface area contributed by atoms with Crippen LogP contribution in [0, 0.1) is 12.8 Å². The molecule has 0 radical (unpaired) electrons. The van der Waals surface area contributed by atoms with Crippen molar-refractivity contribution < 1.29 is 13.2 Å². The van der Waals surface area contributed by atoms with Crippen molar-refractivity contribution >= 4 is 27.5 Å². The highest BCUT2D eigenvalue weighted by Crippen LogP contribution is 2.26. The van der Waals surface area contributed by atoms with Crippen LogP contribution in [-0.2, 0) is 14.8 Å². The topological polar surface area (TPSA) is 66.5 Å². The average Bonchev–Trinajstić information content (AvgIpc) is 2.73. The number of aryl methyl sites for hydroxylation is 1. The van der Waals surface area contributed by atoms with Gasteiger partial charge in [0.25, 0.3) is 0 Å². The number of nitrogens with one attached hydrogen (secondary N) is 1. The molecule has 1 amide bonds. The largest absolute Gasteiger partial charge is 0.349 e. The summed E-state index contributed by atoms with van der Waals surface area (Å²) < 4.78 is 27.3.